The quantitative estimate of drug-likeness (QED) is 0.373. The average Bonchev–Trinajstić information content (AvgIpc) is 2.45. The van der Waals surface area contributed by atoms with Gasteiger partial charge in [0.05, 0.1) is 20.3 Å². The van der Waals surface area contributed by atoms with Crippen molar-refractivity contribution < 1.29 is 28.9 Å². The van der Waals surface area contributed by atoms with Crippen LogP contribution in [0.4, 0.5) is 0 Å². The molecule has 1 aromatic rings. The molecule has 0 atom stereocenters. The predicted octanol–water partition coefficient (Wildman–Crippen LogP) is 1.91. The number of rotatable bonds is 6. The number of carbonyl (C=O) groups is 2. The van der Waals surface area contributed by atoms with Crippen LogP contribution >= 0.6 is 0 Å². The number of aromatic hydroxyl groups is 1. The van der Waals surface area contributed by atoms with Crippen LogP contribution in [0.2, 0.25) is 0 Å². The van der Waals surface area contributed by atoms with Crippen LogP contribution in [0, 0.1) is 0 Å². The lowest BCUT2D eigenvalue weighted by molar-refractivity contribution is -0.146. The van der Waals surface area contributed by atoms with Crippen molar-refractivity contribution in [2.75, 3.05) is 20.3 Å². The Hall–Kier alpha value is -2.50. The van der Waals surface area contributed by atoms with Gasteiger partial charge in [-0.25, -0.2) is 9.59 Å². The van der Waals surface area contributed by atoms with Crippen LogP contribution < -0.4 is 4.74 Å². The first-order valence-corrected chi connectivity index (χ1v) is 6.46. The van der Waals surface area contributed by atoms with Crippen LogP contribution in [0.3, 0.4) is 0 Å². The van der Waals surface area contributed by atoms with Crippen LogP contribution in [0.5, 0.6) is 11.5 Å². The maximum absolute atomic E-state index is 11.8. The first kappa shape index (κ1) is 16.6. The molecule has 0 aromatic heterocycles. The minimum atomic E-state index is -0.772. The minimum Gasteiger partial charge on any atom is -0.504 e. The van der Waals surface area contributed by atoms with Gasteiger partial charge in [0.2, 0.25) is 0 Å². The van der Waals surface area contributed by atoms with Gasteiger partial charge < -0.3 is 19.3 Å². The number of phenolic OH excluding ortho intramolecular Hbond substituents is 1. The standard InChI is InChI=1S/C15H18O6/c1-4-20-14(17)11(15(18)21-5-2)8-10-6-7-13(19-3)12(16)9-10/h6-9,16H,4-5H2,1-3H3. The molecule has 0 saturated carbocycles. The van der Waals surface area contributed by atoms with Gasteiger partial charge in [0.25, 0.3) is 0 Å². The highest BCUT2D eigenvalue weighted by molar-refractivity contribution is 6.17. The smallest absolute Gasteiger partial charge is 0.345 e. The highest BCUT2D eigenvalue weighted by Crippen LogP contribution is 2.27. The van der Waals surface area contributed by atoms with Gasteiger partial charge in [-0.15, -0.1) is 0 Å². The first-order chi connectivity index (χ1) is 10.0. The number of phenols is 1. The van der Waals surface area contributed by atoms with Gasteiger partial charge in [-0.1, -0.05) is 6.07 Å². The highest BCUT2D eigenvalue weighted by Gasteiger charge is 2.21. The van der Waals surface area contributed by atoms with E-state index in [1.54, 1.807) is 19.9 Å². The summed E-state index contributed by atoms with van der Waals surface area (Å²) in [5.74, 6) is -1.35. The molecule has 0 amide bonds. The largest absolute Gasteiger partial charge is 0.504 e. The monoisotopic (exact) mass is 294 g/mol. The molecule has 0 radical (unpaired) electrons. The molecule has 1 aromatic carbocycles. The first-order valence-electron chi connectivity index (χ1n) is 6.46. The molecule has 6 heteroatoms. The number of benzene rings is 1. The Morgan fingerprint density at radius 2 is 1.71 bits per heavy atom. The van der Waals surface area contributed by atoms with E-state index in [1.807, 2.05) is 0 Å². The van der Waals surface area contributed by atoms with Crippen LogP contribution in [-0.2, 0) is 19.1 Å². The normalized spacial score (nSPS) is 9.67. The Balaban J connectivity index is 3.15. The van der Waals surface area contributed by atoms with E-state index >= 15 is 0 Å². The number of carbonyl (C=O) groups excluding carboxylic acids is 2. The molecule has 0 fully saturated rings. The molecule has 1 rings (SSSR count). The van der Waals surface area contributed by atoms with Crippen molar-refractivity contribution in [3.63, 3.8) is 0 Å². The SMILES string of the molecule is CCOC(=O)C(=Cc1ccc(OC)c(O)c1)C(=O)OCC. The molecular weight excluding hydrogens is 276 g/mol. The van der Waals surface area contributed by atoms with Crippen LogP contribution in [0.25, 0.3) is 6.08 Å². The van der Waals surface area contributed by atoms with E-state index in [0.29, 0.717) is 11.3 Å². The molecule has 0 bridgehead atoms. The van der Waals surface area contributed by atoms with E-state index < -0.39 is 11.9 Å². The molecule has 0 aliphatic heterocycles. The fraction of sp³-hybridized carbons (Fsp3) is 0.333. The summed E-state index contributed by atoms with van der Waals surface area (Å²) in [7, 11) is 1.42. The van der Waals surface area contributed by atoms with Crippen molar-refractivity contribution in [1.82, 2.24) is 0 Å². The van der Waals surface area contributed by atoms with Gasteiger partial charge in [-0.3, -0.25) is 0 Å². The van der Waals surface area contributed by atoms with Crippen LogP contribution in [0.15, 0.2) is 23.8 Å². The number of esters is 2. The third-order valence-electron chi connectivity index (χ3n) is 2.50. The molecule has 0 unspecified atom stereocenters. The average molecular weight is 294 g/mol. The molecule has 0 spiro atoms. The van der Waals surface area contributed by atoms with E-state index in [4.69, 9.17) is 14.2 Å². The Kier molecular flexibility index (Phi) is 6.26. The molecule has 114 valence electrons. The van der Waals surface area contributed by atoms with E-state index in [1.165, 1.54) is 25.3 Å². The molecule has 6 nitrogen and oxygen atoms in total. The number of methoxy groups -OCH3 is 1. The zero-order valence-corrected chi connectivity index (χ0v) is 12.2. The van der Waals surface area contributed by atoms with Crippen molar-refractivity contribution in [3.05, 3.63) is 29.3 Å². The second-order valence-corrected chi connectivity index (χ2v) is 3.93. The summed E-state index contributed by atoms with van der Waals surface area (Å²) >= 11 is 0. The van der Waals surface area contributed by atoms with Gasteiger partial charge in [0, 0.05) is 0 Å². The molecule has 0 aliphatic carbocycles. The van der Waals surface area contributed by atoms with Gasteiger partial charge in [-0.2, -0.15) is 0 Å². The fourth-order valence-electron chi connectivity index (χ4n) is 1.58. The molecule has 1 N–H and O–H groups in total. The van der Waals surface area contributed by atoms with Gasteiger partial charge in [0.15, 0.2) is 11.5 Å². The second-order valence-electron chi connectivity index (χ2n) is 3.93. The summed E-state index contributed by atoms with van der Waals surface area (Å²) in [6, 6.07) is 4.49. The summed E-state index contributed by atoms with van der Waals surface area (Å²) in [6.07, 6.45) is 1.30. The lowest BCUT2D eigenvalue weighted by Gasteiger charge is -2.07. The third kappa shape index (κ3) is 4.52. The molecule has 0 heterocycles. The van der Waals surface area contributed by atoms with E-state index in [9.17, 15) is 14.7 Å². The maximum atomic E-state index is 11.8. The Morgan fingerprint density at radius 3 is 2.14 bits per heavy atom. The van der Waals surface area contributed by atoms with Crippen molar-refractivity contribution in [2.45, 2.75) is 13.8 Å². The molecular formula is C15H18O6. The van der Waals surface area contributed by atoms with Gasteiger partial charge >= 0.3 is 11.9 Å². The van der Waals surface area contributed by atoms with Gasteiger partial charge in [0.1, 0.15) is 5.57 Å². The van der Waals surface area contributed by atoms with Crippen LogP contribution in [-0.4, -0.2) is 37.4 Å². The van der Waals surface area contributed by atoms with Crippen molar-refractivity contribution in [1.29, 1.82) is 0 Å². The lowest BCUT2D eigenvalue weighted by atomic mass is 10.1. The Bertz CT molecular complexity index is 527. The Morgan fingerprint density at radius 1 is 1.14 bits per heavy atom. The molecule has 0 aliphatic rings. The summed E-state index contributed by atoms with van der Waals surface area (Å²) in [5, 5.41) is 9.70. The lowest BCUT2D eigenvalue weighted by Crippen LogP contribution is -2.18. The number of ether oxygens (including phenoxy) is 3. The summed E-state index contributed by atoms with van der Waals surface area (Å²) in [5.41, 5.74) is 0.215. The van der Waals surface area contributed by atoms with E-state index in [0.717, 1.165) is 0 Å². The van der Waals surface area contributed by atoms with Crippen molar-refractivity contribution in [2.24, 2.45) is 0 Å². The van der Waals surface area contributed by atoms with Gasteiger partial charge in [-0.05, 0) is 37.6 Å². The third-order valence-corrected chi connectivity index (χ3v) is 2.50. The molecule has 21 heavy (non-hydrogen) atoms. The molecule has 0 saturated heterocycles. The summed E-state index contributed by atoms with van der Waals surface area (Å²) in [4.78, 5) is 23.6. The summed E-state index contributed by atoms with van der Waals surface area (Å²) < 4.78 is 14.6. The minimum absolute atomic E-state index is 0.0988. The summed E-state index contributed by atoms with van der Waals surface area (Å²) in [6.45, 7) is 3.56. The number of hydrogen-bond donors (Lipinski definition) is 1. The van der Waals surface area contributed by atoms with Crippen LogP contribution in [0.1, 0.15) is 19.4 Å². The van der Waals surface area contributed by atoms with Crippen molar-refractivity contribution in [3.8, 4) is 11.5 Å². The fourth-order valence-corrected chi connectivity index (χ4v) is 1.58. The van der Waals surface area contributed by atoms with E-state index in [2.05, 4.69) is 0 Å². The maximum Gasteiger partial charge on any atom is 0.345 e. The zero-order valence-electron chi connectivity index (χ0n) is 12.2. The number of hydrogen-bond acceptors (Lipinski definition) is 6. The topological polar surface area (TPSA) is 82.1 Å². The highest BCUT2D eigenvalue weighted by atomic mass is 16.6. The van der Waals surface area contributed by atoms with Crippen molar-refractivity contribution >= 4 is 18.0 Å². The Labute approximate surface area is 122 Å². The van der Waals surface area contributed by atoms with E-state index in [-0.39, 0.29) is 24.5 Å². The second kappa shape index (κ2) is 7.94. The predicted molar refractivity (Wildman–Crippen MR) is 75.9 cm³/mol. The zero-order chi connectivity index (χ0) is 15.8.